The van der Waals surface area contributed by atoms with E-state index in [1.54, 1.807) is 0 Å². The monoisotopic (exact) mass is 477 g/mol. The van der Waals surface area contributed by atoms with Gasteiger partial charge in [0.15, 0.2) is 0 Å². The van der Waals surface area contributed by atoms with Gasteiger partial charge >= 0.3 is 5.97 Å². The first-order chi connectivity index (χ1) is 17.1. The quantitative estimate of drug-likeness (QED) is 0.418. The second-order valence-electron chi connectivity index (χ2n) is 10.1. The number of benzene rings is 2. The van der Waals surface area contributed by atoms with Crippen LogP contribution in [0.1, 0.15) is 79.3 Å². The second kappa shape index (κ2) is 12.3. The van der Waals surface area contributed by atoms with Crippen molar-refractivity contribution in [3.63, 3.8) is 0 Å². The van der Waals surface area contributed by atoms with E-state index in [4.69, 9.17) is 9.47 Å². The smallest absolute Gasteiger partial charge is 0.338 e. The molecule has 5 nitrogen and oxygen atoms in total. The normalized spacial score (nSPS) is 17.7. The summed E-state index contributed by atoms with van der Waals surface area (Å²) in [5.41, 5.74) is 4.41. The molecule has 2 aromatic rings. The molecule has 2 fully saturated rings. The lowest BCUT2D eigenvalue weighted by molar-refractivity contribution is -0.147. The van der Waals surface area contributed by atoms with Crippen molar-refractivity contribution in [3.05, 3.63) is 59.2 Å². The van der Waals surface area contributed by atoms with Gasteiger partial charge in [-0.05, 0) is 72.9 Å². The molecular weight excluding hydrogens is 438 g/mol. The Labute approximate surface area is 209 Å². The Morgan fingerprint density at radius 3 is 2.37 bits per heavy atom. The highest BCUT2D eigenvalue weighted by Crippen LogP contribution is 2.31. The molecule has 1 aliphatic heterocycles. The number of methoxy groups -OCH3 is 1. The highest BCUT2D eigenvalue weighted by molar-refractivity contribution is 5.97. The molecule has 0 bridgehead atoms. The fraction of sp³-hybridized carbons (Fsp3) is 0.533. The van der Waals surface area contributed by atoms with Gasteiger partial charge in [-0.2, -0.15) is 0 Å². The van der Waals surface area contributed by atoms with Crippen LogP contribution in [-0.2, 0) is 20.9 Å². The Hall–Kier alpha value is -2.66. The third-order valence-electron chi connectivity index (χ3n) is 7.59. The number of piperidine rings is 1. The molecule has 1 amide bonds. The molecular formula is C30H39NO4. The van der Waals surface area contributed by atoms with Crippen LogP contribution >= 0.6 is 0 Å². The molecule has 1 heterocycles. The number of likely N-dealkylation sites (tertiary alicyclic amines) is 1. The average Bonchev–Trinajstić information content (AvgIpc) is 2.91. The molecule has 0 radical (unpaired) electrons. The van der Waals surface area contributed by atoms with Crippen LogP contribution in [0.5, 0.6) is 0 Å². The third kappa shape index (κ3) is 6.52. The first-order valence-corrected chi connectivity index (χ1v) is 13.2. The summed E-state index contributed by atoms with van der Waals surface area (Å²) in [7, 11) is 1.41. The standard InChI is InChI=1S/C30H39NO4/c1-22-11-7-8-14-25(22)27-19-24(15-16-26(27)30(33)34-2)21-35-28(20-23-12-5-3-6-13-23)29(32)31-17-9-4-10-18-31/h7-8,11,14-16,19,23,28H,3-6,9-10,12-13,17-18,20-21H2,1-2H3/t28-/m0/s1. The minimum atomic E-state index is -0.404. The fourth-order valence-electron chi connectivity index (χ4n) is 5.55. The van der Waals surface area contributed by atoms with E-state index in [-0.39, 0.29) is 11.9 Å². The van der Waals surface area contributed by atoms with Gasteiger partial charge in [0.25, 0.3) is 5.91 Å². The SMILES string of the molecule is COC(=O)c1ccc(CO[C@@H](CC2CCCCC2)C(=O)N2CCCCC2)cc1-c1ccccc1C. The zero-order valence-electron chi connectivity index (χ0n) is 21.3. The lowest BCUT2D eigenvalue weighted by atomic mass is 9.85. The number of rotatable bonds is 8. The van der Waals surface area contributed by atoms with E-state index in [1.165, 1.54) is 45.6 Å². The van der Waals surface area contributed by atoms with Crippen molar-refractivity contribution in [3.8, 4) is 11.1 Å². The molecule has 2 aromatic carbocycles. The van der Waals surface area contributed by atoms with Crippen molar-refractivity contribution in [1.82, 2.24) is 4.90 Å². The molecule has 1 saturated carbocycles. The van der Waals surface area contributed by atoms with Gasteiger partial charge in [-0.25, -0.2) is 4.79 Å². The molecule has 35 heavy (non-hydrogen) atoms. The van der Waals surface area contributed by atoms with Crippen LogP contribution < -0.4 is 0 Å². The summed E-state index contributed by atoms with van der Waals surface area (Å²) in [5, 5.41) is 0. The third-order valence-corrected chi connectivity index (χ3v) is 7.59. The first kappa shape index (κ1) is 25.4. The van der Waals surface area contributed by atoms with Gasteiger partial charge in [0.2, 0.25) is 0 Å². The van der Waals surface area contributed by atoms with Crippen molar-refractivity contribution in [2.75, 3.05) is 20.2 Å². The van der Waals surface area contributed by atoms with Crippen molar-refractivity contribution in [2.24, 2.45) is 5.92 Å². The summed E-state index contributed by atoms with van der Waals surface area (Å²) in [6, 6.07) is 13.8. The number of nitrogens with zero attached hydrogens (tertiary/aromatic N) is 1. The number of aryl methyl sites for hydroxylation is 1. The number of hydrogen-bond acceptors (Lipinski definition) is 4. The summed E-state index contributed by atoms with van der Waals surface area (Å²) < 4.78 is 11.4. The molecule has 5 heteroatoms. The van der Waals surface area contributed by atoms with Gasteiger partial charge in [0, 0.05) is 13.1 Å². The lowest BCUT2D eigenvalue weighted by Gasteiger charge is -2.32. The van der Waals surface area contributed by atoms with Gasteiger partial charge in [0.1, 0.15) is 6.10 Å². The maximum atomic E-state index is 13.4. The Bertz CT molecular complexity index is 1010. The summed E-state index contributed by atoms with van der Waals surface area (Å²) in [4.78, 5) is 27.9. The summed E-state index contributed by atoms with van der Waals surface area (Å²) in [5.74, 6) is 0.360. The van der Waals surface area contributed by atoms with E-state index in [0.29, 0.717) is 18.1 Å². The van der Waals surface area contributed by atoms with Crippen LogP contribution in [0.15, 0.2) is 42.5 Å². The van der Waals surface area contributed by atoms with Crippen LogP contribution in [0, 0.1) is 12.8 Å². The lowest BCUT2D eigenvalue weighted by Crippen LogP contribution is -2.44. The first-order valence-electron chi connectivity index (χ1n) is 13.2. The highest BCUT2D eigenvalue weighted by Gasteiger charge is 2.29. The molecule has 0 aromatic heterocycles. The molecule has 188 valence electrons. The van der Waals surface area contributed by atoms with E-state index in [9.17, 15) is 9.59 Å². The van der Waals surface area contributed by atoms with Crippen LogP contribution in [0.4, 0.5) is 0 Å². The Morgan fingerprint density at radius 2 is 1.66 bits per heavy atom. The van der Waals surface area contributed by atoms with Crippen LogP contribution in [0.25, 0.3) is 11.1 Å². The predicted octanol–water partition coefficient (Wildman–Crippen LogP) is 6.32. The molecule has 1 aliphatic carbocycles. The van der Waals surface area contributed by atoms with Crippen molar-refractivity contribution >= 4 is 11.9 Å². The number of carbonyl (C=O) groups is 2. The number of ether oxygens (including phenoxy) is 2. The molecule has 1 atom stereocenters. The van der Waals surface area contributed by atoms with Crippen LogP contribution in [-0.4, -0.2) is 43.1 Å². The van der Waals surface area contributed by atoms with E-state index in [0.717, 1.165) is 54.6 Å². The topological polar surface area (TPSA) is 55.8 Å². The molecule has 1 saturated heterocycles. The Morgan fingerprint density at radius 1 is 0.943 bits per heavy atom. The number of amides is 1. The maximum absolute atomic E-state index is 13.4. The Balaban J connectivity index is 1.55. The predicted molar refractivity (Wildman–Crippen MR) is 138 cm³/mol. The largest absolute Gasteiger partial charge is 0.465 e. The van der Waals surface area contributed by atoms with E-state index >= 15 is 0 Å². The molecule has 0 spiro atoms. The van der Waals surface area contributed by atoms with Gasteiger partial charge in [-0.1, -0.05) is 62.4 Å². The van der Waals surface area contributed by atoms with E-state index < -0.39 is 6.10 Å². The van der Waals surface area contributed by atoms with E-state index in [1.807, 2.05) is 54.3 Å². The number of esters is 1. The van der Waals surface area contributed by atoms with Gasteiger partial charge in [-0.15, -0.1) is 0 Å². The fourth-order valence-corrected chi connectivity index (χ4v) is 5.55. The van der Waals surface area contributed by atoms with Gasteiger partial charge in [0.05, 0.1) is 19.3 Å². The highest BCUT2D eigenvalue weighted by atomic mass is 16.5. The average molecular weight is 478 g/mol. The van der Waals surface area contributed by atoms with Gasteiger partial charge < -0.3 is 14.4 Å². The zero-order chi connectivity index (χ0) is 24.6. The van der Waals surface area contributed by atoms with Crippen molar-refractivity contribution in [1.29, 1.82) is 0 Å². The molecule has 0 unspecified atom stereocenters. The number of carbonyl (C=O) groups excluding carboxylic acids is 2. The van der Waals surface area contributed by atoms with Gasteiger partial charge in [-0.3, -0.25) is 4.79 Å². The second-order valence-corrected chi connectivity index (χ2v) is 10.1. The van der Waals surface area contributed by atoms with Crippen LogP contribution in [0.3, 0.4) is 0 Å². The summed E-state index contributed by atoms with van der Waals surface area (Å²) in [6.45, 7) is 4.07. The van der Waals surface area contributed by atoms with Crippen molar-refractivity contribution in [2.45, 2.75) is 77.4 Å². The minimum Gasteiger partial charge on any atom is -0.465 e. The summed E-state index contributed by atoms with van der Waals surface area (Å²) in [6.07, 6.45) is 9.96. The molecule has 2 aliphatic rings. The molecule has 0 N–H and O–H groups in total. The zero-order valence-corrected chi connectivity index (χ0v) is 21.3. The molecule has 4 rings (SSSR count). The number of hydrogen-bond donors (Lipinski definition) is 0. The van der Waals surface area contributed by atoms with Crippen LogP contribution in [0.2, 0.25) is 0 Å². The minimum absolute atomic E-state index is 0.153. The Kier molecular flexibility index (Phi) is 8.97. The summed E-state index contributed by atoms with van der Waals surface area (Å²) >= 11 is 0. The van der Waals surface area contributed by atoms with E-state index in [2.05, 4.69) is 0 Å². The maximum Gasteiger partial charge on any atom is 0.338 e. The van der Waals surface area contributed by atoms with Crippen molar-refractivity contribution < 1.29 is 19.1 Å².